The molecule has 146 valence electrons. The third kappa shape index (κ3) is 3.64. The maximum atomic E-state index is 13.1. The van der Waals surface area contributed by atoms with Crippen molar-refractivity contribution in [1.29, 1.82) is 0 Å². The monoisotopic (exact) mass is 374 g/mol. The van der Waals surface area contributed by atoms with Crippen molar-refractivity contribution >= 4 is 17.4 Å². The summed E-state index contributed by atoms with van der Waals surface area (Å²) in [5.74, 6) is 0.569. The molecule has 0 N–H and O–H groups in total. The van der Waals surface area contributed by atoms with Crippen molar-refractivity contribution in [3.05, 3.63) is 29.5 Å². The van der Waals surface area contributed by atoms with Gasteiger partial charge in [-0.25, -0.2) is 0 Å². The van der Waals surface area contributed by atoms with Gasteiger partial charge < -0.3 is 19.1 Å². The van der Waals surface area contributed by atoms with Crippen LogP contribution in [-0.2, 0) is 14.3 Å². The zero-order valence-corrected chi connectivity index (χ0v) is 16.1. The molecule has 0 atom stereocenters. The van der Waals surface area contributed by atoms with Crippen LogP contribution in [0.3, 0.4) is 0 Å². The van der Waals surface area contributed by atoms with E-state index in [2.05, 4.69) is 0 Å². The van der Waals surface area contributed by atoms with Crippen molar-refractivity contribution < 1.29 is 23.8 Å². The molecule has 7 nitrogen and oxygen atoms in total. The fourth-order valence-corrected chi connectivity index (χ4v) is 3.61. The molecule has 0 radical (unpaired) electrons. The van der Waals surface area contributed by atoms with E-state index in [0.717, 1.165) is 32.4 Å². The number of carbonyl (C=O) groups is 2. The number of carbonyl (C=O) groups excluding carboxylic acids is 2. The molecule has 7 heteroatoms. The van der Waals surface area contributed by atoms with Crippen LogP contribution in [0, 0.1) is 0 Å². The highest BCUT2D eigenvalue weighted by atomic mass is 16.5. The number of likely N-dealkylation sites (tertiary alicyclic amines) is 1. The molecule has 2 aliphatic heterocycles. The minimum absolute atomic E-state index is 0.238. The standard InChI is InChI=1S/C20H26N2O5/c1-25-12-11-22-19(23)17(14-7-8-15(26-2)16(13-14)27-3)18(20(22)24)21-9-5-4-6-10-21/h7-8,13H,4-6,9-12H2,1-3H3. The van der Waals surface area contributed by atoms with Crippen LogP contribution in [0.2, 0.25) is 0 Å². The number of hydrogen-bond acceptors (Lipinski definition) is 6. The second kappa shape index (κ2) is 8.43. The molecule has 2 aliphatic rings. The lowest BCUT2D eigenvalue weighted by molar-refractivity contribution is -0.138. The quantitative estimate of drug-likeness (QED) is 0.679. The van der Waals surface area contributed by atoms with E-state index in [1.807, 2.05) is 4.90 Å². The van der Waals surface area contributed by atoms with Crippen LogP contribution in [0.1, 0.15) is 24.8 Å². The summed E-state index contributed by atoms with van der Waals surface area (Å²) in [6, 6.07) is 5.30. The van der Waals surface area contributed by atoms with Gasteiger partial charge in [-0.3, -0.25) is 14.5 Å². The number of ether oxygens (including phenoxy) is 3. The summed E-state index contributed by atoms with van der Waals surface area (Å²) >= 11 is 0. The van der Waals surface area contributed by atoms with Gasteiger partial charge in [0, 0.05) is 20.2 Å². The van der Waals surface area contributed by atoms with Gasteiger partial charge in [-0.1, -0.05) is 6.07 Å². The Hall–Kier alpha value is -2.54. The van der Waals surface area contributed by atoms with Crippen LogP contribution >= 0.6 is 0 Å². The van der Waals surface area contributed by atoms with E-state index in [-0.39, 0.29) is 18.4 Å². The minimum Gasteiger partial charge on any atom is -0.493 e. The first-order chi connectivity index (χ1) is 13.1. The molecule has 3 rings (SSSR count). The molecule has 0 unspecified atom stereocenters. The van der Waals surface area contributed by atoms with Gasteiger partial charge in [0.15, 0.2) is 11.5 Å². The van der Waals surface area contributed by atoms with Crippen LogP contribution in [0.15, 0.2) is 23.9 Å². The van der Waals surface area contributed by atoms with E-state index in [1.165, 1.54) is 4.90 Å². The van der Waals surface area contributed by atoms with Crippen LogP contribution < -0.4 is 9.47 Å². The van der Waals surface area contributed by atoms with E-state index in [0.29, 0.717) is 34.9 Å². The van der Waals surface area contributed by atoms with E-state index in [9.17, 15) is 9.59 Å². The molecule has 0 spiro atoms. The third-order valence-electron chi connectivity index (χ3n) is 5.01. The lowest BCUT2D eigenvalue weighted by atomic mass is 10.0. The summed E-state index contributed by atoms with van der Waals surface area (Å²) in [6.45, 7) is 2.11. The maximum absolute atomic E-state index is 13.1. The van der Waals surface area contributed by atoms with E-state index in [4.69, 9.17) is 14.2 Å². The number of piperidine rings is 1. The van der Waals surface area contributed by atoms with E-state index in [1.54, 1.807) is 39.5 Å². The van der Waals surface area contributed by atoms with Crippen LogP contribution in [0.5, 0.6) is 11.5 Å². The molecule has 1 aromatic rings. The average molecular weight is 374 g/mol. The van der Waals surface area contributed by atoms with Gasteiger partial charge in [0.05, 0.1) is 32.9 Å². The molecule has 0 aromatic heterocycles. The Bertz CT molecular complexity index is 753. The lowest BCUT2D eigenvalue weighted by Crippen LogP contribution is -2.38. The maximum Gasteiger partial charge on any atom is 0.277 e. The lowest BCUT2D eigenvalue weighted by Gasteiger charge is -2.29. The Labute approximate surface area is 159 Å². The highest BCUT2D eigenvalue weighted by Crippen LogP contribution is 2.37. The fourth-order valence-electron chi connectivity index (χ4n) is 3.61. The van der Waals surface area contributed by atoms with Gasteiger partial charge in [-0.05, 0) is 37.0 Å². The highest BCUT2D eigenvalue weighted by Gasteiger charge is 2.41. The first-order valence-electron chi connectivity index (χ1n) is 9.19. The van der Waals surface area contributed by atoms with Crippen LogP contribution in [0.4, 0.5) is 0 Å². The Morgan fingerprint density at radius 3 is 2.26 bits per heavy atom. The molecule has 0 saturated carbocycles. The normalized spacial score (nSPS) is 17.7. The summed E-state index contributed by atoms with van der Waals surface area (Å²) in [4.78, 5) is 29.5. The first kappa shape index (κ1) is 19.2. The van der Waals surface area contributed by atoms with Crippen molar-refractivity contribution in [2.24, 2.45) is 0 Å². The van der Waals surface area contributed by atoms with Crippen LogP contribution in [0.25, 0.3) is 5.57 Å². The summed E-state index contributed by atoms with van der Waals surface area (Å²) in [5, 5.41) is 0. The average Bonchev–Trinajstić information content (AvgIpc) is 2.96. The predicted octanol–water partition coefficient (Wildman–Crippen LogP) is 1.92. The Balaban J connectivity index is 2.06. The molecule has 2 amide bonds. The van der Waals surface area contributed by atoms with Gasteiger partial charge in [0.25, 0.3) is 11.8 Å². The van der Waals surface area contributed by atoms with Crippen molar-refractivity contribution in [3.63, 3.8) is 0 Å². The van der Waals surface area contributed by atoms with Gasteiger partial charge >= 0.3 is 0 Å². The Morgan fingerprint density at radius 1 is 0.926 bits per heavy atom. The van der Waals surface area contributed by atoms with E-state index >= 15 is 0 Å². The number of rotatable bonds is 7. The zero-order valence-electron chi connectivity index (χ0n) is 16.1. The topological polar surface area (TPSA) is 68.3 Å². The van der Waals surface area contributed by atoms with Crippen molar-refractivity contribution in [3.8, 4) is 11.5 Å². The van der Waals surface area contributed by atoms with Crippen molar-refractivity contribution in [1.82, 2.24) is 9.80 Å². The van der Waals surface area contributed by atoms with Gasteiger partial charge in [-0.2, -0.15) is 0 Å². The fraction of sp³-hybridized carbons (Fsp3) is 0.500. The molecule has 0 bridgehead atoms. The van der Waals surface area contributed by atoms with Gasteiger partial charge in [-0.15, -0.1) is 0 Å². The summed E-state index contributed by atoms with van der Waals surface area (Å²) < 4.78 is 15.7. The number of hydrogen-bond donors (Lipinski definition) is 0. The number of nitrogens with zero attached hydrogens (tertiary/aromatic N) is 2. The number of imide groups is 1. The molecular formula is C20H26N2O5. The number of methoxy groups -OCH3 is 3. The number of amides is 2. The molecule has 27 heavy (non-hydrogen) atoms. The second-order valence-corrected chi connectivity index (χ2v) is 6.60. The minimum atomic E-state index is -0.287. The van der Waals surface area contributed by atoms with Crippen molar-refractivity contribution in [2.75, 3.05) is 47.6 Å². The molecule has 1 saturated heterocycles. The zero-order chi connectivity index (χ0) is 19.4. The number of benzene rings is 1. The van der Waals surface area contributed by atoms with Crippen LogP contribution in [-0.4, -0.2) is 69.2 Å². The first-order valence-corrected chi connectivity index (χ1v) is 9.19. The SMILES string of the molecule is COCCN1C(=O)C(c2ccc(OC)c(OC)c2)=C(N2CCCCC2)C1=O. The summed E-state index contributed by atoms with van der Waals surface area (Å²) in [5.41, 5.74) is 1.58. The second-order valence-electron chi connectivity index (χ2n) is 6.60. The summed E-state index contributed by atoms with van der Waals surface area (Å²) in [6.07, 6.45) is 3.18. The third-order valence-corrected chi connectivity index (χ3v) is 5.01. The molecule has 2 heterocycles. The molecular weight excluding hydrogens is 348 g/mol. The highest BCUT2D eigenvalue weighted by molar-refractivity contribution is 6.35. The summed E-state index contributed by atoms with van der Waals surface area (Å²) in [7, 11) is 4.67. The van der Waals surface area contributed by atoms with Crippen molar-refractivity contribution in [2.45, 2.75) is 19.3 Å². The molecule has 0 aliphatic carbocycles. The smallest absolute Gasteiger partial charge is 0.277 e. The largest absolute Gasteiger partial charge is 0.493 e. The van der Waals surface area contributed by atoms with E-state index < -0.39 is 0 Å². The van der Waals surface area contributed by atoms with Gasteiger partial charge in [0.2, 0.25) is 0 Å². The van der Waals surface area contributed by atoms with Gasteiger partial charge in [0.1, 0.15) is 5.70 Å². The Kier molecular flexibility index (Phi) is 6.01. The molecule has 1 aromatic carbocycles. The predicted molar refractivity (Wildman–Crippen MR) is 100 cm³/mol. The molecule has 1 fully saturated rings. The Morgan fingerprint density at radius 2 is 1.63 bits per heavy atom.